The lowest BCUT2D eigenvalue weighted by Crippen LogP contribution is -2.20. The smallest absolute Gasteiger partial charge is 0.244 e. The predicted molar refractivity (Wildman–Crippen MR) is 111 cm³/mol. The summed E-state index contributed by atoms with van der Waals surface area (Å²) in [6.07, 6.45) is 4.09. The Morgan fingerprint density at radius 1 is 1.18 bits per heavy atom. The molecule has 6 heteroatoms. The Kier molecular flexibility index (Phi) is 5.89. The average molecular weight is 376 g/mol. The number of rotatable bonds is 7. The first-order chi connectivity index (χ1) is 13.4. The highest BCUT2D eigenvalue weighted by Gasteiger charge is 2.08. The molecule has 0 spiro atoms. The molecule has 6 nitrogen and oxygen atoms in total. The van der Waals surface area contributed by atoms with Gasteiger partial charge in [-0.1, -0.05) is 42.0 Å². The molecular formula is C22H24N4O2. The zero-order valence-corrected chi connectivity index (χ0v) is 16.1. The van der Waals surface area contributed by atoms with Crippen LogP contribution in [0.5, 0.6) is 0 Å². The molecule has 3 aromatic rings. The first-order valence-corrected chi connectivity index (χ1v) is 9.18. The molecule has 0 bridgehead atoms. The van der Waals surface area contributed by atoms with Crippen LogP contribution in [0.15, 0.2) is 53.8 Å². The fourth-order valence-corrected chi connectivity index (χ4v) is 3.22. The summed E-state index contributed by atoms with van der Waals surface area (Å²) in [4.78, 5) is 23.3. The zero-order valence-electron chi connectivity index (χ0n) is 16.1. The highest BCUT2D eigenvalue weighted by atomic mass is 16.2. The van der Waals surface area contributed by atoms with E-state index >= 15 is 0 Å². The fourth-order valence-electron chi connectivity index (χ4n) is 3.22. The van der Waals surface area contributed by atoms with E-state index in [4.69, 9.17) is 5.73 Å². The van der Waals surface area contributed by atoms with Crippen molar-refractivity contribution in [2.24, 2.45) is 10.8 Å². The van der Waals surface area contributed by atoms with E-state index in [9.17, 15) is 9.59 Å². The quantitative estimate of drug-likeness (QED) is 0.490. The molecule has 0 fully saturated rings. The van der Waals surface area contributed by atoms with Crippen molar-refractivity contribution in [1.82, 2.24) is 9.99 Å². The molecule has 1 heterocycles. The van der Waals surface area contributed by atoms with Crippen LogP contribution in [0.1, 0.15) is 28.7 Å². The van der Waals surface area contributed by atoms with Crippen LogP contribution in [0.2, 0.25) is 0 Å². The third-order valence-corrected chi connectivity index (χ3v) is 4.66. The van der Waals surface area contributed by atoms with Crippen LogP contribution in [0, 0.1) is 13.8 Å². The van der Waals surface area contributed by atoms with Crippen molar-refractivity contribution in [2.45, 2.75) is 33.2 Å². The third-order valence-electron chi connectivity index (χ3n) is 4.66. The average Bonchev–Trinajstić information content (AvgIpc) is 3.00. The molecule has 0 unspecified atom stereocenters. The number of benzene rings is 2. The Bertz CT molecular complexity index is 1050. The van der Waals surface area contributed by atoms with Crippen molar-refractivity contribution in [3.05, 3.63) is 70.9 Å². The number of nitrogens with two attached hydrogens (primary N) is 1. The van der Waals surface area contributed by atoms with E-state index in [0.29, 0.717) is 6.54 Å². The van der Waals surface area contributed by atoms with Crippen LogP contribution >= 0.6 is 0 Å². The van der Waals surface area contributed by atoms with Crippen LogP contribution in [0.25, 0.3) is 10.9 Å². The highest BCUT2D eigenvalue weighted by Crippen LogP contribution is 2.20. The van der Waals surface area contributed by atoms with E-state index in [2.05, 4.69) is 16.6 Å². The molecule has 0 saturated heterocycles. The molecule has 1 aromatic heterocycles. The van der Waals surface area contributed by atoms with E-state index in [1.165, 1.54) is 5.56 Å². The van der Waals surface area contributed by atoms with Gasteiger partial charge in [0, 0.05) is 35.6 Å². The van der Waals surface area contributed by atoms with Gasteiger partial charge in [0.05, 0.1) is 12.6 Å². The summed E-state index contributed by atoms with van der Waals surface area (Å²) in [6.45, 7) is 4.53. The van der Waals surface area contributed by atoms with Crippen LogP contribution in [-0.2, 0) is 22.6 Å². The van der Waals surface area contributed by atoms with Gasteiger partial charge in [-0.15, -0.1) is 0 Å². The van der Waals surface area contributed by atoms with Gasteiger partial charge in [0.25, 0.3) is 0 Å². The molecule has 0 aliphatic heterocycles. The second-order valence-electron chi connectivity index (χ2n) is 6.91. The minimum absolute atomic E-state index is 0.166. The maximum Gasteiger partial charge on any atom is 0.244 e. The molecule has 0 aliphatic carbocycles. The fraction of sp³-hybridized carbons (Fsp3) is 0.227. The van der Waals surface area contributed by atoms with E-state index in [1.54, 1.807) is 6.21 Å². The number of hydrazone groups is 1. The molecule has 144 valence electrons. The lowest BCUT2D eigenvalue weighted by atomic mass is 10.0. The molecule has 28 heavy (non-hydrogen) atoms. The van der Waals surface area contributed by atoms with Gasteiger partial charge in [-0.2, -0.15) is 5.10 Å². The second kappa shape index (κ2) is 8.52. The van der Waals surface area contributed by atoms with Gasteiger partial charge in [-0.25, -0.2) is 5.43 Å². The van der Waals surface area contributed by atoms with Gasteiger partial charge >= 0.3 is 0 Å². The van der Waals surface area contributed by atoms with E-state index in [0.717, 1.165) is 27.6 Å². The molecule has 0 radical (unpaired) electrons. The molecule has 3 N–H and O–H groups in total. The number of hydrogen-bond donors (Lipinski definition) is 2. The first-order valence-electron chi connectivity index (χ1n) is 9.18. The largest absolute Gasteiger partial charge is 0.370 e. The molecular weight excluding hydrogens is 352 g/mol. The standard InChI is InChI=1S/C22H24N4O2/c1-15-7-8-17(16(2)11-15)12-22(28)25-24-13-18-14-26(10-9-21(23)27)20-6-4-3-5-19(18)20/h3-8,11,13-14H,9-10,12H2,1-2H3,(H2,23,27)(H,25,28)/b24-13+. The highest BCUT2D eigenvalue weighted by molar-refractivity contribution is 5.99. The van der Waals surface area contributed by atoms with Crippen LogP contribution in [-0.4, -0.2) is 22.6 Å². The summed E-state index contributed by atoms with van der Waals surface area (Å²) >= 11 is 0. The molecule has 3 rings (SSSR count). The number of aromatic nitrogens is 1. The SMILES string of the molecule is Cc1ccc(CC(=O)N/N=C/c2cn(CCC(N)=O)c3ccccc23)c(C)c1. The third kappa shape index (κ3) is 4.65. The van der Waals surface area contributed by atoms with Crippen LogP contribution < -0.4 is 11.2 Å². The van der Waals surface area contributed by atoms with Gasteiger partial charge in [0.2, 0.25) is 11.8 Å². The summed E-state index contributed by atoms with van der Waals surface area (Å²) in [7, 11) is 0. The number of carbonyl (C=O) groups excluding carboxylic acids is 2. The van der Waals surface area contributed by atoms with Gasteiger partial charge in [-0.05, 0) is 31.0 Å². The molecule has 0 saturated carbocycles. The summed E-state index contributed by atoms with van der Waals surface area (Å²) in [6, 6.07) is 13.9. The van der Waals surface area contributed by atoms with Crippen molar-refractivity contribution < 1.29 is 9.59 Å². The second-order valence-corrected chi connectivity index (χ2v) is 6.91. The molecule has 2 amide bonds. The summed E-state index contributed by atoms with van der Waals surface area (Å²) in [5.74, 6) is -0.507. The molecule has 0 aliphatic rings. The number of nitrogens with one attached hydrogen (secondary N) is 1. The summed E-state index contributed by atoms with van der Waals surface area (Å²) in [5.41, 5.74) is 13.0. The van der Waals surface area contributed by atoms with Gasteiger partial charge in [0.1, 0.15) is 0 Å². The van der Waals surface area contributed by atoms with Crippen LogP contribution in [0.4, 0.5) is 0 Å². The Labute approximate surface area is 164 Å². The maximum atomic E-state index is 12.2. The van der Waals surface area contributed by atoms with Crippen molar-refractivity contribution >= 4 is 28.9 Å². The van der Waals surface area contributed by atoms with Crippen molar-refractivity contribution in [1.29, 1.82) is 0 Å². The van der Waals surface area contributed by atoms with Crippen LogP contribution in [0.3, 0.4) is 0 Å². The van der Waals surface area contributed by atoms with Gasteiger partial charge < -0.3 is 10.3 Å². The monoisotopic (exact) mass is 376 g/mol. The summed E-state index contributed by atoms with van der Waals surface area (Å²) in [5, 5.41) is 5.11. The number of primary amides is 1. The van der Waals surface area contributed by atoms with E-state index in [1.807, 2.05) is 61.0 Å². The topological polar surface area (TPSA) is 89.5 Å². The maximum absolute atomic E-state index is 12.2. The van der Waals surface area contributed by atoms with E-state index < -0.39 is 0 Å². The Morgan fingerprint density at radius 2 is 1.96 bits per heavy atom. The number of fused-ring (bicyclic) bond motifs is 1. The molecule has 2 aromatic carbocycles. The predicted octanol–water partition coefficient (Wildman–Crippen LogP) is 2.83. The van der Waals surface area contributed by atoms with E-state index in [-0.39, 0.29) is 24.7 Å². The number of aryl methyl sites for hydroxylation is 3. The Balaban J connectivity index is 1.70. The van der Waals surface area contributed by atoms with Crippen molar-refractivity contribution in [3.63, 3.8) is 0 Å². The Morgan fingerprint density at radius 3 is 2.71 bits per heavy atom. The normalized spacial score (nSPS) is 11.2. The zero-order chi connectivity index (χ0) is 20.1. The lowest BCUT2D eigenvalue weighted by Gasteiger charge is -2.05. The molecule has 0 atom stereocenters. The minimum atomic E-state index is -0.341. The lowest BCUT2D eigenvalue weighted by molar-refractivity contribution is -0.120. The van der Waals surface area contributed by atoms with Gasteiger partial charge in [-0.3, -0.25) is 9.59 Å². The van der Waals surface area contributed by atoms with Crippen molar-refractivity contribution in [3.8, 4) is 0 Å². The first kappa shape index (κ1) is 19.4. The Hall–Kier alpha value is -3.41. The number of hydrogen-bond acceptors (Lipinski definition) is 3. The minimum Gasteiger partial charge on any atom is -0.370 e. The van der Waals surface area contributed by atoms with Gasteiger partial charge in [0.15, 0.2) is 0 Å². The van der Waals surface area contributed by atoms with Crippen molar-refractivity contribution in [2.75, 3.05) is 0 Å². The summed E-state index contributed by atoms with van der Waals surface area (Å²) < 4.78 is 1.97. The number of nitrogens with zero attached hydrogens (tertiary/aromatic N) is 2. The number of amides is 2. The number of para-hydroxylation sites is 1. The number of carbonyl (C=O) groups is 2.